The van der Waals surface area contributed by atoms with Gasteiger partial charge in [-0.25, -0.2) is 0 Å². The number of nitrogens with zero attached hydrogens (tertiary/aromatic N) is 1. The van der Waals surface area contributed by atoms with Crippen molar-refractivity contribution in [2.45, 2.75) is 17.8 Å². The van der Waals surface area contributed by atoms with Gasteiger partial charge in [0.25, 0.3) is 5.91 Å². The smallest absolute Gasteiger partial charge is 0.256 e. The van der Waals surface area contributed by atoms with E-state index in [9.17, 15) is 4.79 Å². The lowest BCUT2D eigenvalue weighted by molar-refractivity contribution is -0.121. The van der Waals surface area contributed by atoms with Crippen molar-refractivity contribution in [2.24, 2.45) is 0 Å². The van der Waals surface area contributed by atoms with Crippen molar-refractivity contribution in [3.8, 4) is 0 Å². The van der Waals surface area contributed by atoms with Crippen LogP contribution in [0.1, 0.15) is 12.7 Å². The summed E-state index contributed by atoms with van der Waals surface area (Å²) < 4.78 is 3.33. The molecule has 1 heterocycles. The van der Waals surface area contributed by atoms with E-state index < -0.39 is 10.2 Å². The van der Waals surface area contributed by atoms with Gasteiger partial charge >= 0.3 is 0 Å². The molecule has 0 spiro atoms. The van der Waals surface area contributed by atoms with Crippen LogP contribution in [0.5, 0.6) is 0 Å². The minimum atomic E-state index is -1.42. The lowest BCUT2D eigenvalue weighted by Crippen LogP contribution is -2.35. The molecule has 1 aromatic heterocycles. The van der Waals surface area contributed by atoms with Crippen molar-refractivity contribution in [2.75, 3.05) is 0 Å². The van der Waals surface area contributed by atoms with Gasteiger partial charge in [0.2, 0.25) is 0 Å². The highest BCUT2D eigenvalue weighted by atomic mass is 35.5. The van der Waals surface area contributed by atoms with Gasteiger partial charge < -0.3 is 9.84 Å². The van der Waals surface area contributed by atoms with E-state index in [0.29, 0.717) is 5.76 Å². The SMILES string of the molecule is CC(Cl)(Cl)C(=O)NCc1ccno1. The first-order chi connectivity index (χ1) is 6.00. The molecule has 1 rings (SSSR count). The van der Waals surface area contributed by atoms with Crippen LogP contribution >= 0.6 is 23.2 Å². The Balaban J connectivity index is 2.40. The average Bonchev–Trinajstić information content (AvgIpc) is 2.50. The molecule has 0 fully saturated rings. The number of carbonyl (C=O) groups excluding carboxylic acids is 1. The predicted octanol–water partition coefficient (Wildman–Crippen LogP) is 1.48. The molecule has 0 saturated carbocycles. The van der Waals surface area contributed by atoms with Gasteiger partial charge in [0.15, 0.2) is 10.1 Å². The quantitative estimate of drug-likeness (QED) is 0.789. The molecule has 0 aliphatic heterocycles. The Bertz CT molecular complexity index is 279. The molecule has 1 amide bonds. The number of hydrogen-bond donors (Lipinski definition) is 1. The first-order valence-corrected chi connectivity index (χ1v) is 4.31. The molecule has 0 aliphatic carbocycles. The van der Waals surface area contributed by atoms with Crippen LogP contribution in [0, 0.1) is 0 Å². The zero-order chi connectivity index (χ0) is 9.90. The van der Waals surface area contributed by atoms with Crippen molar-refractivity contribution in [1.29, 1.82) is 0 Å². The number of nitrogens with one attached hydrogen (secondary N) is 1. The average molecular weight is 223 g/mol. The standard InChI is InChI=1S/C7H8Cl2N2O2/c1-7(8,9)6(12)10-4-5-2-3-11-13-5/h2-3H,4H2,1H3,(H,10,12). The van der Waals surface area contributed by atoms with Crippen molar-refractivity contribution in [1.82, 2.24) is 10.5 Å². The summed E-state index contributed by atoms with van der Waals surface area (Å²) in [4.78, 5) is 11.1. The maximum Gasteiger partial charge on any atom is 0.256 e. The number of carbonyl (C=O) groups is 1. The Kier molecular flexibility index (Phi) is 3.17. The highest BCUT2D eigenvalue weighted by Crippen LogP contribution is 2.19. The van der Waals surface area contributed by atoms with Crippen molar-refractivity contribution in [3.05, 3.63) is 18.0 Å². The summed E-state index contributed by atoms with van der Waals surface area (Å²) in [6.45, 7) is 1.62. The van der Waals surface area contributed by atoms with Gasteiger partial charge in [0.05, 0.1) is 12.7 Å². The van der Waals surface area contributed by atoms with Gasteiger partial charge in [-0.15, -0.1) is 0 Å². The van der Waals surface area contributed by atoms with Gasteiger partial charge in [-0.1, -0.05) is 28.4 Å². The third-order valence-corrected chi connectivity index (χ3v) is 1.66. The van der Waals surface area contributed by atoms with E-state index >= 15 is 0 Å². The lowest BCUT2D eigenvalue weighted by Gasteiger charge is -2.11. The Morgan fingerprint density at radius 2 is 2.46 bits per heavy atom. The highest BCUT2D eigenvalue weighted by Gasteiger charge is 2.26. The Labute approximate surface area is 85.2 Å². The summed E-state index contributed by atoms with van der Waals surface area (Å²) in [6.07, 6.45) is 1.49. The fourth-order valence-corrected chi connectivity index (χ4v) is 0.790. The number of halogens is 2. The summed E-state index contributed by atoms with van der Waals surface area (Å²) in [5, 5.41) is 5.96. The third-order valence-electron chi connectivity index (χ3n) is 1.31. The first-order valence-electron chi connectivity index (χ1n) is 3.56. The van der Waals surface area contributed by atoms with Crippen LogP contribution in [0.15, 0.2) is 16.8 Å². The Morgan fingerprint density at radius 1 is 1.77 bits per heavy atom. The maximum absolute atomic E-state index is 11.1. The maximum atomic E-state index is 11.1. The summed E-state index contributed by atoms with van der Waals surface area (Å²) in [5.74, 6) is 0.0816. The molecule has 13 heavy (non-hydrogen) atoms. The molecule has 0 radical (unpaired) electrons. The van der Waals surface area contributed by atoms with Crippen LogP contribution in [0.2, 0.25) is 0 Å². The zero-order valence-corrected chi connectivity index (χ0v) is 8.39. The predicted molar refractivity (Wildman–Crippen MR) is 48.5 cm³/mol. The molecule has 72 valence electrons. The number of hydrogen-bond acceptors (Lipinski definition) is 3. The van der Waals surface area contributed by atoms with Gasteiger partial charge in [-0.3, -0.25) is 4.79 Å². The zero-order valence-electron chi connectivity index (χ0n) is 6.88. The van der Waals surface area contributed by atoms with Crippen molar-refractivity contribution in [3.63, 3.8) is 0 Å². The lowest BCUT2D eigenvalue weighted by atomic mass is 10.4. The number of aromatic nitrogens is 1. The minimum absolute atomic E-state index is 0.230. The summed E-state index contributed by atoms with van der Waals surface area (Å²) in [5.41, 5.74) is 0. The summed E-state index contributed by atoms with van der Waals surface area (Å²) in [6, 6.07) is 1.64. The van der Waals surface area contributed by atoms with Crippen LogP contribution in [0.25, 0.3) is 0 Å². The summed E-state index contributed by atoms with van der Waals surface area (Å²) in [7, 11) is 0. The van der Waals surface area contributed by atoms with Crippen LogP contribution in [-0.4, -0.2) is 15.4 Å². The van der Waals surface area contributed by atoms with Crippen LogP contribution in [-0.2, 0) is 11.3 Å². The molecule has 0 bridgehead atoms. The molecule has 0 saturated heterocycles. The molecule has 0 aromatic carbocycles. The molecular formula is C7H8Cl2N2O2. The second kappa shape index (κ2) is 3.98. The van der Waals surface area contributed by atoms with Gasteiger partial charge in [-0.05, 0) is 6.92 Å². The summed E-state index contributed by atoms with van der Waals surface area (Å²) >= 11 is 11.1. The van der Waals surface area contributed by atoms with Crippen LogP contribution in [0.3, 0.4) is 0 Å². The number of alkyl halides is 2. The van der Waals surface area contributed by atoms with E-state index in [-0.39, 0.29) is 6.54 Å². The topological polar surface area (TPSA) is 55.1 Å². The largest absolute Gasteiger partial charge is 0.360 e. The fourth-order valence-electron chi connectivity index (χ4n) is 0.656. The van der Waals surface area contributed by atoms with E-state index in [4.69, 9.17) is 27.7 Å². The molecule has 0 unspecified atom stereocenters. The van der Waals surface area contributed by atoms with Crippen molar-refractivity contribution >= 4 is 29.1 Å². The monoisotopic (exact) mass is 222 g/mol. The van der Waals surface area contributed by atoms with Gasteiger partial charge in [0.1, 0.15) is 0 Å². The minimum Gasteiger partial charge on any atom is -0.360 e. The Morgan fingerprint density at radius 3 is 2.92 bits per heavy atom. The van der Waals surface area contributed by atoms with E-state index in [1.54, 1.807) is 6.07 Å². The molecule has 1 N–H and O–H groups in total. The van der Waals surface area contributed by atoms with E-state index in [2.05, 4.69) is 10.5 Å². The fraction of sp³-hybridized carbons (Fsp3) is 0.429. The number of amides is 1. The molecule has 0 aliphatic rings. The molecule has 1 aromatic rings. The molecular weight excluding hydrogens is 215 g/mol. The molecule has 0 atom stereocenters. The van der Waals surface area contributed by atoms with Crippen molar-refractivity contribution < 1.29 is 9.32 Å². The third kappa shape index (κ3) is 3.24. The van der Waals surface area contributed by atoms with E-state index in [1.807, 2.05) is 0 Å². The first kappa shape index (κ1) is 10.3. The van der Waals surface area contributed by atoms with Crippen LogP contribution in [0.4, 0.5) is 0 Å². The van der Waals surface area contributed by atoms with Crippen LogP contribution < -0.4 is 5.32 Å². The van der Waals surface area contributed by atoms with E-state index in [0.717, 1.165) is 0 Å². The second-order valence-electron chi connectivity index (χ2n) is 2.55. The molecule has 6 heteroatoms. The Hall–Kier alpha value is -0.740. The normalized spacial score (nSPS) is 11.3. The van der Waals surface area contributed by atoms with Gasteiger partial charge in [0, 0.05) is 6.07 Å². The van der Waals surface area contributed by atoms with E-state index in [1.165, 1.54) is 13.1 Å². The highest BCUT2D eigenvalue weighted by molar-refractivity contribution is 6.57. The molecule has 4 nitrogen and oxygen atoms in total. The number of rotatable bonds is 3. The van der Waals surface area contributed by atoms with Gasteiger partial charge in [-0.2, -0.15) is 0 Å². The second-order valence-corrected chi connectivity index (χ2v) is 4.26.